The maximum atomic E-state index is 12.0. The average molecular weight is 322 g/mol. The van der Waals surface area contributed by atoms with E-state index in [1.165, 1.54) is 0 Å². The van der Waals surface area contributed by atoms with E-state index in [0.717, 1.165) is 15.2 Å². The van der Waals surface area contributed by atoms with Gasteiger partial charge in [-0.1, -0.05) is 28.1 Å². The zero-order valence-electron chi connectivity index (χ0n) is 10.7. The van der Waals surface area contributed by atoms with Crippen LogP contribution in [-0.4, -0.2) is 23.7 Å². The molecule has 0 aliphatic rings. The molecule has 1 atom stereocenters. The molecule has 0 aliphatic heterocycles. The van der Waals surface area contributed by atoms with Crippen molar-refractivity contribution in [3.05, 3.63) is 46.4 Å². The first-order chi connectivity index (χ1) is 9.10. The lowest BCUT2D eigenvalue weighted by Crippen LogP contribution is -2.33. The molecule has 1 unspecified atom stereocenters. The van der Waals surface area contributed by atoms with Gasteiger partial charge in [-0.05, 0) is 48.4 Å². The standard InChI is InChI=1S/C15H16BrNO2/c1-10(6-7-18)17-15(19)13-3-2-12-9-14(16)5-4-11(12)8-13/h2-5,8-10,18H,6-7H2,1H3,(H,17,19). The summed E-state index contributed by atoms with van der Waals surface area (Å²) in [4.78, 5) is 12.0. The van der Waals surface area contributed by atoms with Gasteiger partial charge in [0.15, 0.2) is 0 Å². The number of hydrogen-bond donors (Lipinski definition) is 2. The van der Waals surface area contributed by atoms with Gasteiger partial charge in [-0.25, -0.2) is 0 Å². The second-order valence-electron chi connectivity index (χ2n) is 4.59. The summed E-state index contributed by atoms with van der Waals surface area (Å²) >= 11 is 3.43. The monoisotopic (exact) mass is 321 g/mol. The van der Waals surface area contributed by atoms with Gasteiger partial charge in [0.1, 0.15) is 0 Å². The van der Waals surface area contributed by atoms with Crippen LogP contribution in [-0.2, 0) is 0 Å². The Morgan fingerprint density at radius 1 is 1.26 bits per heavy atom. The minimum absolute atomic E-state index is 0.0295. The minimum atomic E-state index is -0.106. The molecule has 2 N–H and O–H groups in total. The van der Waals surface area contributed by atoms with Crippen molar-refractivity contribution in [3.63, 3.8) is 0 Å². The topological polar surface area (TPSA) is 49.3 Å². The average Bonchev–Trinajstić information content (AvgIpc) is 2.38. The van der Waals surface area contributed by atoms with Crippen LogP contribution in [0.3, 0.4) is 0 Å². The summed E-state index contributed by atoms with van der Waals surface area (Å²) in [6.07, 6.45) is 0.562. The van der Waals surface area contributed by atoms with Crippen molar-refractivity contribution < 1.29 is 9.90 Å². The SMILES string of the molecule is CC(CCO)NC(=O)c1ccc2cc(Br)ccc2c1. The molecule has 100 valence electrons. The van der Waals surface area contributed by atoms with Crippen LogP contribution in [0.4, 0.5) is 0 Å². The third-order valence-corrected chi connectivity index (χ3v) is 3.50. The zero-order chi connectivity index (χ0) is 13.8. The summed E-state index contributed by atoms with van der Waals surface area (Å²) in [5, 5.41) is 13.8. The van der Waals surface area contributed by atoms with Crippen molar-refractivity contribution in [2.24, 2.45) is 0 Å². The first kappa shape index (κ1) is 14.0. The van der Waals surface area contributed by atoms with E-state index in [-0.39, 0.29) is 18.6 Å². The third kappa shape index (κ3) is 3.55. The second kappa shape index (κ2) is 6.17. The summed E-state index contributed by atoms with van der Waals surface area (Å²) in [7, 11) is 0. The number of benzene rings is 2. The second-order valence-corrected chi connectivity index (χ2v) is 5.51. The van der Waals surface area contributed by atoms with Gasteiger partial charge in [0.2, 0.25) is 0 Å². The molecule has 3 nitrogen and oxygen atoms in total. The van der Waals surface area contributed by atoms with Gasteiger partial charge in [-0.2, -0.15) is 0 Å². The number of carbonyl (C=O) groups is 1. The fourth-order valence-corrected chi connectivity index (χ4v) is 2.31. The number of nitrogens with one attached hydrogen (secondary N) is 1. The molecule has 0 aliphatic carbocycles. The van der Waals surface area contributed by atoms with Crippen molar-refractivity contribution in [2.45, 2.75) is 19.4 Å². The Balaban J connectivity index is 2.21. The number of carbonyl (C=O) groups excluding carboxylic acids is 1. The molecular weight excluding hydrogens is 306 g/mol. The van der Waals surface area contributed by atoms with Crippen LogP contribution in [0.2, 0.25) is 0 Å². The van der Waals surface area contributed by atoms with Crippen molar-refractivity contribution in [2.75, 3.05) is 6.61 Å². The number of halogens is 1. The number of hydrogen-bond acceptors (Lipinski definition) is 2. The van der Waals surface area contributed by atoms with E-state index in [1.807, 2.05) is 43.3 Å². The lowest BCUT2D eigenvalue weighted by molar-refractivity contribution is 0.0934. The highest BCUT2D eigenvalue weighted by Gasteiger charge is 2.09. The predicted octanol–water partition coefficient (Wildman–Crippen LogP) is 3.10. The Morgan fingerprint density at radius 3 is 2.68 bits per heavy atom. The lowest BCUT2D eigenvalue weighted by Gasteiger charge is -2.12. The van der Waals surface area contributed by atoms with Crippen LogP contribution in [0.1, 0.15) is 23.7 Å². The molecule has 4 heteroatoms. The summed E-state index contributed by atoms with van der Waals surface area (Å²) in [5.74, 6) is -0.106. The summed E-state index contributed by atoms with van der Waals surface area (Å²) in [6, 6.07) is 11.6. The van der Waals surface area contributed by atoms with Gasteiger partial charge in [0.25, 0.3) is 5.91 Å². The van der Waals surface area contributed by atoms with E-state index < -0.39 is 0 Å². The number of aliphatic hydroxyl groups excluding tert-OH is 1. The largest absolute Gasteiger partial charge is 0.396 e. The van der Waals surface area contributed by atoms with Crippen molar-refractivity contribution in [1.29, 1.82) is 0 Å². The molecule has 2 rings (SSSR count). The Bertz CT molecular complexity index is 598. The van der Waals surface area contributed by atoms with Crippen LogP contribution >= 0.6 is 15.9 Å². The molecule has 0 aromatic heterocycles. The molecule has 0 saturated carbocycles. The fourth-order valence-electron chi connectivity index (χ4n) is 1.93. The number of rotatable bonds is 4. The molecule has 0 heterocycles. The summed E-state index contributed by atoms with van der Waals surface area (Å²) in [5.41, 5.74) is 0.639. The van der Waals surface area contributed by atoms with E-state index in [9.17, 15) is 4.79 Å². The Hall–Kier alpha value is -1.39. The minimum Gasteiger partial charge on any atom is -0.396 e. The molecule has 2 aromatic rings. The first-order valence-corrected chi connectivity index (χ1v) is 7.00. The van der Waals surface area contributed by atoms with E-state index in [1.54, 1.807) is 0 Å². The van der Waals surface area contributed by atoms with Gasteiger partial charge >= 0.3 is 0 Å². The highest BCUT2D eigenvalue weighted by atomic mass is 79.9. The molecule has 19 heavy (non-hydrogen) atoms. The Morgan fingerprint density at radius 2 is 1.95 bits per heavy atom. The highest BCUT2D eigenvalue weighted by molar-refractivity contribution is 9.10. The van der Waals surface area contributed by atoms with Crippen LogP contribution in [0.5, 0.6) is 0 Å². The number of aliphatic hydroxyl groups is 1. The molecule has 0 radical (unpaired) electrons. The molecule has 0 spiro atoms. The van der Waals surface area contributed by atoms with Crippen molar-refractivity contribution >= 4 is 32.6 Å². The van der Waals surface area contributed by atoms with Crippen LogP contribution < -0.4 is 5.32 Å². The van der Waals surface area contributed by atoms with Gasteiger partial charge in [0.05, 0.1) is 0 Å². The lowest BCUT2D eigenvalue weighted by atomic mass is 10.1. The van der Waals surface area contributed by atoms with E-state index >= 15 is 0 Å². The molecule has 0 fully saturated rings. The summed E-state index contributed by atoms with van der Waals surface area (Å²) in [6.45, 7) is 1.96. The number of amides is 1. The molecule has 0 saturated heterocycles. The number of fused-ring (bicyclic) bond motifs is 1. The molecular formula is C15H16BrNO2. The maximum Gasteiger partial charge on any atom is 0.251 e. The van der Waals surface area contributed by atoms with Gasteiger partial charge < -0.3 is 10.4 Å². The maximum absolute atomic E-state index is 12.0. The van der Waals surface area contributed by atoms with Crippen LogP contribution in [0.25, 0.3) is 10.8 Å². The fraction of sp³-hybridized carbons (Fsp3) is 0.267. The Labute approximate surface area is 120 Å². The first-order valence-electron chi connectivity index (χ1n) is 6.21. The Kier molecular flexibility index (Phi) is 4.56. The molecule has 2 aromatic carbocycles. The zero-order valence-corrected chi connectivity index (χ0v) is 12.3. The van der Waals surface area contributed by atoms with Crippen molar-refractivity contribution in [1.82, 2.24) is 5.32 Å². The molecule has 1 amide bonds. The van der Waals surface area contributed by atoms with E-state index in [4.69, 9.17) is 5.11 Å². The van der Waals surface area contributed by atoms with Gasteiger partial charge in [-0.15, -0.1) is 0 Å². The predicted molar refractivity (Wildman–Crippen MR) is 80.3 cm³/mol. The third-order valence-electron chi connectivity index (χ3n) is 3.00. The van der Waals surface area contributed by atoms with Gasteiger partial charge in [0, 0.05) is 22.7 Å². The normalized spacial score (nSPS) is 12.4. The highest BCUT2D eigenvalue weighted by Crippen LogP contribution is 2.21. The van der Waals surface area contributed by atoms with Gasteiger partial charge in [-0.3, -0.25) is 4.79 Å². The smallest absolute Gasteiger partial charge is 0.251 e. The van der Waals surface area contributed by atoms with Crippen molar-refractivity contribution in [3.8, 4) is 0 Å². The van der Waals surface area contributed by atoms with Crippen LogP contribution in [0.15, 0.2) is 40.9 Å². The quantitative estimate of drug-likeness (QED) is 0.909. The van der Waals surface area contributed by atoms with E-state index in [0.29, 0.717) is 12.0 Å². The molecule has 0 bridgehead atoms. The van der Waals surface area contributed by atoms with E-state index in [2.05, 4.69) is 21.2 Å². The summed E-state index contributed by atoms with van der Waals surface area (Å²) < 4.78 is 1.02. The van der Waals surface area contributed by atoms with Crippen LogP contribution in [0, 0.1) is 0 Å².